The van der Waals surface area contributed by atoms with Gasteiger partial charge in [-0.1, -0.05) is 46.5 Å². The zero-order chi connectivity index (χ0) is 12.4. The summed E-state index contributed by atoms with van der Waals surface area (Å²) >= 11 is 0. The van der Waals surface area contributed by atoms with Crippen molar-refractivity contribution in [3.8, 4) is 0 Å². The number of hydrogen-bond donors (Lipinski definition) is 2. The fraction of sp³-hybridized carbons (Fsp3) is 1.00. The Labute approximate surface area is 101 Å². The second kappa shape index (κ2) is 8.97. The molecule has 0 rings (SSSR count). The number of ether oxygens (including phenoxy) is 1. The van der Waals surface area contributed by atoms with Crippen LogP contribution in [0.2, 0.25) is 0 Å². The molecule has 0 amide bonds. The largest absolute Gasteiger partial charge is 0.377 e. The summed E-state index contributed by atoms with van der Waals surface area (Å²) in [5.74, 6) is 5.67. The van der Waals surface area contributed by atoms with Crippen molar-refractivity contribution in [2.24, 2.45) is 5.84 Å². The zero-order valence-electron chi connectivity index (χ0n) is 11.5. The van der Waals surface area contributed by atoms with Crippen molar-refractivity contribution in [3.05, 3.63) is 0 Å². The smallest absolute Gasteiger partial charge is 0.0839 e. The molecule has 0 aliphatic heterocycles. The minimum absolute atomic E-state index is 0.0963. The summed E-state index contributed by atoms with van der Waals surface area (Å²) in [6.45, 7) is 6.57. The van der Waals surface area contributed by atoms with Crippen LogP contribution in [0.3, 0.4) is 0 Å². The lowest BCUT2D eigenvalue weighted by molar-refractivity contribution is -0.0500. The highest BCUT2D eigenvalue weighted by molar-refractivity contribution is 4.90. The summed E-state index contributed by atoms with van der Waals surface area (Å²) in [4.78, 5) is 0. The number of rotatable bonds is 10. The first-order chi connectivity index (χ1) is 7.70. The molecule has 3 N–H and O–H groups in total. The van der Waals surface area contributed by atoms with E-state index in [2.05, 4.69) is 26.2 Å². The Morgan fingerprint density at radius 2 is 1.75 bits per heavy atom. The first-order valence-corrected chi connectivity index (χ1v) is 6.72. The van der Waals surface area contributed by atoms with Gasteiger partial charge in [0.25, 0.3) is 0 Å². The number of hydrazine groups is 1. The molecule has 1 atom stereocenters. The molecular formula is C13H30N2O. The highest BCUT2D eigenvalue weighted by Gasteiger charge is 2.34. The fourth-order valence-corrected chi connectivity index (χ4v) is 2.45. The van der Waals surface area contributed by atoms with Crippen LogP contribution < -0.4 is 11.3 Å². The third-order valence-electron chi connectivity index (χ3n) is 3.79. The third kappa shape index (κ3) is 4.40. The van der Waals surface area contributed by atoms with Gasteiger partial charge in [-0.3, -0.25) is 11.3 Å². The molecular weight excluding hydrogens is 200 g/mol. The van der Waals surface area contributed by atoms with Gasteiger partial charge in [-0.2, -0.15) is 0 Å². The van der Waals surface area contributed by atoms with Crippen molar-refractivity contribution in [2.75, 3.05) is 7.11 Å². The first-order valence-electron chi connectivity index (χ1n) is 6.72. The van der Waals surface area contributed by atoms with Crippen LogP contribution in [0.5, 0.6) is 0 Å². The number of hydrogen-bond acceptors (Lipinski definition) is 3. The van der Waals surface area contributed by atoms with E-state index in [1.165, 1.54) is 25.7 Å². The van der Waals surface area contributed by atoms with E-state index in [9.17, 15) is 0 Å². The molecule has 0 spiro atoms. The molecule has 0 fully saturated rings. The average Bonchev–Trinajstić information content (AvgIpc) is 2.34. The maximum Gasteiger partial charge on any atom is 0.0839 e. The standard InChI is InChI=1S/C13H30N2O/c1-5-8-9-10-11-12(15-14)13(6-2,7-3)16-4/h12,15H,5-11,14H2,1-4H3. The zero-order valence-corrected chi connectivity index (χ0v) is 11.5. The number of methoxy groups -OCH3 is 1. The summed E-state index contributed by atoms with van der Waals surface area (Å²) in [5.41, 5.74) is 2.85. The van der Waals surface area contributed by atoms with Crippen molar-refractivity contribution in [1.82, 2.24) is 5.43 Å². The quantitative estimate of drug-likeness (QED) is 0.344. The highest BCUT2D eigenvalue weighted by Crippen LogP contribution is 2.27. The second-order valence-electron chi connectivity index (χ2n) is 4.54. The van der Waals surface area contributed by atoms with E-state index in [0.29, 0.717) is 0 Å². The molecule has 3 heteroatoms. The Balaban J connectivity index is 4.21. The number of unbranched alkanes of at least 4 members (excludes halogenated alkanes) is 3. The number of nitrogens with two attached hydrogens (primary N) is 1. The third-order valence-corrected chi connectivity index (χ3v) is 3.79. The van der Waals surface area contributed by atoms with Crippen LogP contribution in [0, 0.1) is 0 Å². The van der Waals surface area contributed by atoms with Crippen molar-refractivity contribution in [2.45, 2.75) is 77.4 Å². The van der Waals surface area contributed by atoms with Crippen LogP contribution in [-0.4, -0.2) is 18.8 Å². The minimum Gasteiger partial charge on any atom is -0.377 e. The molecule has 0 saturated carbocycles. The molecule has 0 radical (unpaired) electrons. The lowest BCUT2D eigenvalue weighted by atomic mass is 9.85. The Hall–Kier alpha value is -0.120. The molecule has 16 heavy (non-hydrogen) atoms. The summed E-state index contributed by atoms with van der Waals surface area (Å²) < 4.78 is 5.70. The molecule has 0 aromatic heterocycles. The minimum atomic E-state index is -0.0963. The Kier molecular flexibility index (Phi) is 8.90. The van der Waals surface area contributed by atoms with Gasteiger partial charge < -0.3 is 4.74 Å². The van der Waals surface area contributed by atoms with Crippen LogP contribution in [0.4, 0.5) is 0 Å². The summed E-state index contributed by atoms with van der Waals surface area (Å²) in [5, 5.41) is 0. The van der Waals surface area contributed by atoms with Crippen molar-refractivity contribution >= 4 is 0 Å². The normalized spacial score (nSPS) is 14.1. The van der Waals surface area contributed by atoms with Crippen molar-refractivity contribution in [3.63, 3.8) is 0 Å². The van der Waals surface area contributed by atoms with Gasteiger partial charge in [0.1, 0.15) is 0 Å². The monoisotopic (exact) mass is 230 g/mol. The van der Waals surface area contributed by atoms with Crippen LogP contribution >= 0.6 is 0 Å². The Bertz CT molecular complexity index is 150. The summed E-state index contributed by atoms with van der Waals surface area (Å²) in [6.07, 6.45) is 8.22. The van der Waals surface area contributed by atoms with Crippen LogP contribution in [-0.2, 0) is 4.74 Å². The van der Waals surface area contributed by atoms with Gasteiger partial charge in [0.2, 0.25) is 0 Å². The van der Waals surface area contributed by atoms with Crippen LogP contribution in [0.15, 0.2) is 0 Å². The summed E-state index contributed by atoms with van der Waals surface area (Å²) in [7, 11) is 1.80. The molecule has 0 heterocycles. The van der Waals surface area contributed by atoms with Gasteiger partial charge in [0.05, 0.1) is 11.6 Å². The van der Waals surface area contributed by atoms with E-state index in [1.54, 1.807) is 7.11 Å². The van der Waals surface area contributed by atoms with E-state index < -0.39 is 0 Å². The lowest BCUT2D eigenvalue weighted by Crippen LogP contribution is -2.53. The van der Waals surface area contributed by atoms with E-state index in [4.69, 9.17) is 10.6 Å². The molecule has 1 unspecified atom stereocenters. The Morgan fingerprint density at radius 3 is 2.12 bits per heavy atom. The topological polar surface area (TPSA) is 47.3 Å². The molecule has 0 aliphatic rings. The van der Waals surface area contributed by atoms with E-state index in [-0.39, 0.29) is 11.6 Å². The van der Waals surface area contributed by atoms with Crippen LogP contribution in [0.25, 0.3) is 0 Å². The molecule has 3 nitrogen and oxygen atoms in total. The average molecular weight is 230 g/mol. The SMILES string of the molecule is CCCCCCC(NN)C(CC)(CC)OC. The highest BCUT2D eigenvalue weighted by atomic mass is 16.5. The second-order valence-corrected chi connectivity index (χ2v) is 4.54. The van der Waals surface area contributed by atoms with Crippen LogP contribution in [0.1, 0.15) is 65.7 Å². The fourth-order valence-electron chi connectivity index (χ4n) is 2.45. The van der Waals surface area contributed by atoms with Gasteiger partial charge in [-0.15, -0.1) is 0 Å². The maximum absolute atomic E-state index is 5.70. The van der Waals surface area contributed by atoms with Crippen molar-refractivity contribution < 1.29 is 4.74 Å². The first kappa shape index (κ1) is 15.9. The van der Waals surface area contributed by atoms with E-state index in [0.717, 1.165) is 19.3 Å². The van der Waals surface area contributed by atoms with E-state index >= 15 is 0 Å². The van der Waals surface area contributed by atoms with Crippen molar-refractivity contribution in [1.29, 1.82) is 0 Å². The number of nitrogens with one attached hydrogen (secondary N) is 1. The van der Waals surface area contributed by atoms with Gasteiger partial charge in [-0.05, 0) is 19.3 Å². The molecule has 98 valence electrons. The van der Waals surface area contributed by atoms with Gasteiger partial charge >= 0.3 is 0 Å². The molecule has 0 aromatic carbocycles. The predicted molar refractivity (Wildman–Crippen MR) is 70.2 cm³/mol. The van der Waals surface area contributed by atoms with Gasteiger partial charge in [0.15, 0.2) is 0 Å². The molecule has 0 aromatic rings. The van der Waals surface area contributed by atoms with Gasteiger partial charge in [-0.25, -0.2) is 0 Å². The molecule has 0 saturated heterocycles. The van der Waals surface area contributed by atoms with E-state index in [1.807, 2.05) is 0 Å². The Morgan fingerprint density at radius 1 is 1.12 bits per heavy atom. The molecule has 0 aliphatic carbocycles. The van der Waals surface area contributed by atoms with Gasteiger partial charge in [0, 0.05) is 7.11 Å². The predicted octanol–water partition coefficient (Wildman–Crippen LogP) is 2.99. The summed E-state index contributed by atoms with van der Waals surface area (Å²) in [6, 6.07) is 0.268. The molecule has 0 bridgehead atoms. The maximum atomic E-state index is 5.70. The lowest BCUT2D eigenvalue weighted by Gasteiger charge is -2.38.